The zero-order valence-electron chi connectivity index (χ0n) is 11.2. The second-order valence-corrected chi connectivity index (χ2v) is 4.54. The third kappa shape index (κ3) is 4.39. The molecule has 122 valence electrons. The number of ether oxygens (including phenoxy) is 2. The number of hydrogen-bond acceptors (Lipinski definition) is 6. The summed E-state index contributed by atoms with van der Waals surface area (Å²) >= 11 is 5.75. The molecule has 0 spiro atoms. The second kappa shape index (κ2) is 7.05. The Morgan fingerprint density at radius 2 is 2.09 bits per heavy atom. The van der Waals surface area contributed by atoms with Gasteiger partial charge in [0.15, 0.2) is 0 Å². The second-order valence-electron chi connectivity index (χ2n) is 4.10. The lowest BCUT2D eigenvalue weighted by Crippen LogP contribution is -2.08. The van der Waals surface area contributed by atoms with Gasteiger partial charge in [-0.15, -0.1) is 0 Å². The monoisotopic (exact) mass is 347 g/mol. The first-order valence-electron chi connectivity index (χ1n) is 6.01. The van der Waals surface area contributed by atoms with Gasteiger partial charge in [-0.3, -0.25) is 10.1 Å². The van der Waals surface area contributed by atoms with Gasteiger partial charge in [0, 0.05) is 10.6 Å². The van der Waals surface area contributed by atoms with E-state index >= 15 is 0 Å². The normalized spacial score (nSPS) is 10.6. The van der Waals surface area contributed by atoms with E-state index in [1.807, 2.05) is 0 Å². The zero-order chi connectivity index (χ0) is 17.0. The average Bonchev–Trinajstić information content (AvgIpc) is 2.97. The van der Waals surface area contributed by atoms with Crippen LogP contribution < -0.4 is 4.74 Å². The molecular formula is C13H8ClF2NO6. The molecule has 2 rings (SSSR count). The van der Waals surface area contributed by atoms with Gasteiger partial charge >= 0.3 is 18.5 Å². The lowest BCUT2D eigenvalue weighted by Gasteiger charge is -2.11. The van der Waals surface area contributed by atoms with Crippen LogP contribution in [0.15, 0.2) is 34.7 Å². The Hall–Kier alpha value is -2.68. The number of carbonyl (C=O) groups excluding carboxylic acids is 1. The zero-order valence-corrected chi connectivity index (χ0v) is 12.0. The maximum atomic E-state index is 12.3. The molecule has 0 saturated heterocycles. The van der Waals surface area contributed by atoms with Crippen molar-refractivity contribution in [3.63, 3.8) is 0 Å². The minimum atomic E-state index is -3.06. The van der Waals surface area contributed by atoms with E-state index in [-0.39, 0.29) is 16.3 Å². The topological polar surface area (TPSA) is 91.8 Å². The fraction of sp³-hybridized carbons (Fsp3) is 0.154. The van der Waals surface area contributed by atoms with E-state index in [0.29, 0.717) is 0 Å². The summed E-state index contributed by atoms with van der Waals surface area (Å²) in [7, 11) is 0. The Labute approximate surface area is 132 Å². The van der Waals surface area contributed by atoms with E-state index in [9.17, 15) is 23.7 Å². The van der Waals surface area contributed by atoms with Gasteiger partial charge in [-0.05, 0) is 24.3 Å². The number of carbonyl (C=O) groups is 1. The van der Waals surface area contributed by atoms with E-state index in [1.54, 1.807) is 0 Å². The number of esters is 1. The molecule has 0 amide bonds. The van der Waals surface area contributed by atoms with Crippen molar-refractivity contribution in [1.29, 1.82) is 0 Å². The number of rotatable bonds is 6. The number of alkyl halides is 2. The highest BCUT2D eigenvalue weighted by atomic mass is 35.5. The summed E-state index contributed by atoms with van der Waals surface area (Å²) in [6.45, 7) is -3.49. The maximum absolute atomic E-state index is 12.3. The summed E-state index contributed by atoms with van der Waals surface area (Å²) in [6, 6.07) is 5.88. The smallest absolute Gasteiger partial charge is 0.433 e. The highest BCUT2D eigenvalue weighted by Crippen LogP contribution is 2.26. The summed E-state index contributed by atoms with van der Waals surface area (Å²) < 4.78 is 38.4. The van der Waals surface area contributed by atoms with Crippen LogP contribution >= 0.6 is 11.6 Å². The van der Waals surface area contributed by atoms with Crippen LogP contribution in [-0.2, 0) is 11.3 Å². The highest BCUT2D eigenvalue weighted by Gasteiger charge is 2.19. The van der Waals surface area contributed by atoms with Crippen LogP contribution in [0.3, 0.4) is 0 Å². The fourth-order valence-corrected chi connectivity index (χ4v) is 1.82. The summed E-state index contributed by atoms with van der Waals surface area (Å²) in [5.74, 6) is -2.22. The Bertz CT molecular complexity index is 733. The molecular weight excluding hydrogens is 340 g/mol. The predicted octanol–water partition coefficient (Wildman–Crippen LogP) is 3.80. The van der Waals surface area contributed by atoms with Crippen LogP contribution in [0.2, 0.25) is 5.02 Å². The molecule has 2 aromatic rings. The number of hydrogen-bond donors (Lipinski definition) is 0. The van der Waals surface area contributed by atoms with Gasteiger partial charge in [0.25, 0.3) is 0 Å². The fourth-order valence-electron chi connectivity index (χ4n) is 1.62. The van der Waals surface area contributed by atoms with Crippen molar-refractivity contribution in [3.8, 4) is 5.75 Å². The molecule has 0 radical (unpaired) electrons. The summed E-state index contributed by atoms with van der Waals surface area (Å²) in [5.41, 5.74) is 0.104. The van der Waals surface area contributed by atoms with Crippen LogP contribution in [0.4, 0.5) is 14.7 Å². The minimum Gasteiger partial charge on any atom is -0.455 e. The van der Waals surface area contributed by atoms with Crippen molar-refractivity contribution in [2.45, 2.75) is 13.2 Å². The van der Waals surface area contributed by atoms with E-state index in [2.05, 4.69) is 9.15 Å². The van der Waals surface area contributed by atoms with Gasteiger partial charge in [0.1, 0.15) is 17.3 Å². The predicted molar refractivity (Wildman–Crippen MR) is 72.6 cm³/mol. The summed E-state index contributed by atoms with van der Waals surface area (Å²) in [5, 5.41) is 10.7. The van der Waals surface area contributed by atoms with Crippen LogP contribution in [0.25, 0.3) is 0 Å². The van der Waals surface area contributed by atoms with Gasteiger partial charge in [0.05, 0.1) is 6.07 Å². The molecule has 1 aromatic heterocycles. The molecule has 1 aromatic carbocycles. The first-order chi connectivity index (χ1) is 10.9. The number of nitrogens with zero attached hydrogens (tertiary/aromatic N) is 1. The molecule has 0 aliphatic carbocycles. The van der Waals surface area contributed by atoms with Crippen molar-refractivity contribution >= 4 is 23.5 Å². The number of furan rings is 1. The summed E-state index contributed by atoms with van der Waals surface area (Å²) in [4.78, 5) is 21.4. The molecule has 0 saturated carbocycles. The number of halogens is 3. The molecule has 0 aliphatic rings. The van der Waals surface area contributed by atoms with Crippen molar-refractivity contribution in [1.82, 2.24) is 0 Å². The van der Waals surface area contributed by atoms with Crippen LogP contribution in [0.5, 0.6) is 5.75 Å². The van der Waals surface area contributed by atoms with E-state index in [0.717, 1.165) is 12.1 Å². The SMILES string of the molecule is O=C(OCc1cc(Cl)ccc1OC(F)F)c1ccc([N+](=O)[O-])o1. The van der Waals surface area contributed by atoms with Crippen LogP contribution in [0.1, 0.15) is 16.1 Å². The molecule has 0 unspecified atom stereocenters. The number of nitro groups is 1. The molecule has 10 heteroatoms. The van der Waals surface area contributed by atoms with Crippen molar-refractivity contribution < 1.29 is 32.4 Å². The third-order valence-corrected chi connectivity index (χ3v) is 2.81. The maximum Gasteiger partial charge on any atom is 0.433 e. The first-order valence-corrected chi connectivity index (χ1v) is 6.39. The molecule has 7 nitrogen and oxygen atoms in total. The third-order valence-electron chi connectivity index (χ3n) is 2.57. The Kier molecular flexibility index (Phi) is 5.12. The standard InChI is InChI=1S/C13H8ClF2NO6/c14-8-1-2-9(23-13(15)16)7(5-8)6-21-12(18)10-3-4-11(22-10)17(19)20/h1-5,13H,6H2. The van der Waals surface area contributed by atoms with Gasteiger partial charge in [-0.1, -0.05) is 11.6 Å². The van der Waals surface area contributed by atoms with Crippen molar-refractivity contribution in [2.75, 3.05) is 0 Å². The van der Waals surface area contributed by atoms with E-state index < -0.39 is 35.8 Å². The van der Waals surface area contributed by atoms with Gasteiger partial charge in [0.2, 0.25) is 5.76 Å². The van der Waals surface area contributed by atoms with E-state index in [4.69, 9.17) is 16.3 Å². The molecule has 0 aliphatic heterocycles. The summed E-state index contributed by atoms with van der Waals surface area (Å²) in [6.07, 6.45) is 0. The molecule has 1 heterocycles. The molecule has 0 N–H and O–H groups in total. The van der Waals surface area contributed by atoms with Gasteiger partial charge in [-0.25, -0.2) is 4.79 Å². The molecule has 0 fully saturated rings. The average molecular weight is 348 g/mol. The van der Waals surface area contributed by atoms with Crippen molar-refractivity contribution in [3.05, 3.63) is 56.8 Å². The molecule has 23 heavy (non-hydrogen) atoms. The number of benzene rings is 1. The van der Waals surface area contributed by atoms with Gasteiger partial charge < -0.3 is 13.9 Å². The quantitative estimate of drug-likeness (QED) is 0.448. The Morgan fingerprint density at radius 3 is 2.70 bits per heavy atom. The Balaban J connectivity index is 2.08. The van der Waals surface area contributed by atoms with Crippen molar-refractivity contribution in [2.24, 2.45) is 0 Å². The van der Waals surface area contributed by atoms with Crippen LogP contribution in [0, 0.1) is 10.1 Å². The van der Waals surface area contributed by atoms with Gasteiger partial charge in [-0.2, -0.15) is 8.78 Å². The molecule has 0 bridgehead atoms. The minimum absolute atomic E-state index is 0.104. The largest absolute Gasteiger partial charge is 0.455 e. The molecule has 0 atom stereocenters. The van der Waals surface area contributed by atoms with Crippen LogP contribution in [-0.4, -0.2) is 17.5 Å². The highest BCUT2D eigenvalue weighted by molar-refractivity contribution is 6.30. The Morgan fingerprint density at radius 1 is 1.35 bits per heavy atom. The van der Waals surface area contributed by atoms with E-state index in [1.165, 1.54) is 18.2 Å². The first kappa shape index (κ1) is 16.7. The lowest BCUT2D eigenvalue weighted by atomic mass is 10.2. The lowest BCUT2D eigenvalue weighted by molar-refractivity contribution is -0.402.